The van der Waals surface area contributed by atoms with Crippen LogP contribution in [0.3, 0.4) is 0 Å². The zero-order valence-corrected chi connectivity index (χ0v) is 35.4. The number of aromatic nitrogens is 4. The summed E-state index contributed by atoms with van der Waals surface area (Å²) in [4.78, 5) is 55.5. The van der Waals surface area contributed by atoms with Gasteiger partial charge in [0.15, 0.2) is 0 Å². The number of aliphatic hydroxyl groups is 1. The maximum atomic E-state index is 15.2. The molecule has 3 saturated heterocycles. The van der Waals surface area contributed by atoms with Crippen molar-refractivity contribution in [2.75, 3.05) is 31.5 Å². The van der Waals surface area contributed by atoms with Crippen molar-refractivity contribution in [1.82, 2.24) is 34.5 Å². The van der Waals surface area contributed by atoms with Crippen molar-refractivity contribution in [2.45, 2.75) is 108 Å². The third-order valence-corrected chi connectivity index (χ3v) is 13.8. The number of imide groups is 1. The highest BCUT2D eigenvalue weighted by Gasteiger charge is 2.37. The zero-order valence-electron chi connectivity index (χ0n) is 35.4. The Morgan fingerprint density at radius 1 is 0.905 bits per heavy atom. The molecule has 0 radical (unpaired) electrons. The average molecular weight is 860 g/mol. The van der Waals surface area contributed by atoms with Crippen LogP contribution in [-0.4, -0.2) is 90.2 Å². The Balaban J connectivity index is 0.770. The predicted molar refractivity (Wildman–Crippen MR) is 228 cm³/mol. The molecule has 1 atom stereocenters. The van der Waals surface area contributed by atoms with E-state index in [4.69, 9.17) is 5.10 Å². The number of piperidine rings is 3. The fourth-order valence-electron chi connectivity index (χ4n) is 10.3. The Morgan fingerprint density at radius 2 is 1.60 bits per heavy atom. The van der Waals surface area contributed by atoms with Crippen molar-refractivity contribution >= 4 is 45.7 Å². The summed E-state index contributed by atoms with van der Waals surface area (Å²) in [5.41, 5.74) is 2.02. The summed E-state index contributed by atoms with van der Waals surface area (Å²) in [6.45, 7) is 6.11. The first kappa shape index (κ1) is 42.3. The van der Waals surface area contributed by atoms with Crippen LogP contribution in [0.15, 0.2) is 54.9 Å². The van der Waals surface area contributed by atoms with Gasteiger partial charge in [-0.25, -0.2) is 13.3 Å². The fraction of sp³-hybridized carbons (Fsp3) is 0.468. The van der Waals surface area contributed by atoms with Crippen molar-refractivity contribution < 1.29 is 33.1 Å². The number of fused-ring (bicyclic) bond motifs is 2. The summed E-state index contributed by atoms with van der Waals surface area (Å²) >= 11 is 0. The second-order valence-corrected chi connectivity index (χ2v) is 18.3. The molecule has 3 aliphatic heterocycles. The Hall–Kier alpha value is -6.05. The molecule has 5 aromatic rings. The molecule has 1 aliphatic carbocycles. The monoisotopic (exact) mass is 859 g/mol. The van der Waals surface area contributed by atoms with Gasteiger partial charge in [-0.3, -0.25) is 29.2 Å². The van der Waals surface area contributed by atoms with Gasteiger partial charge in [0, 0.05) is 59.9 Å². The molecule has 2 aromatic carbocycles. The van der Waals surface area contributed by atoms with E-state index in [9.17, 15) is 29.5 Å². The third-order valence-electron chi connectivity index (χ3n) is 13.8. The molecule has 0 unspecified atom stereocenters. The van der Waals surface area contributed by atoms with Gasteiger partial charge in [-0.2, -0.15) is 15.5 Å². The van der Waals surface area contributed by atoms with Crippen LogP contribution in [0, 0.1) is 28.9 Å². The van der Waals surface area contributed by atoms with Crippen LogP contribution in [0.1, 0.15) is 129 Å². The van der Waals surface area contributed by atoms with Crippen LogP contribution in [-0.2, 0) is 20.0 Å². The molecule has 1 saturated carbocycles. The molecule has 6 heterocycles. The molecule has 16 heteroatoms. The van der Waals surface area contributed by atoms with E-state index < -0.39 is 40.9 Å². The standard InChI is InChI=1S/C47H51F2N9O5/c1-47(2,63)36-23-39-31(22-40(36)52-45(61)41-9-7-34-19-27(24-50)25-51-58(34)41)26-57(54-39)33-5-3-32(4-6-33)55-15-13-29(14-16-55)46(62)56-17-11-28(12-18-56)30-20-37(48)43(38(49)21-30)35-8-10-42(59)53-44(35)60/h7,9,19-23,25-26,28-29,32-33,35,63H,3-6,8,10-18H2,1-2H3,(H,52,61)(H,53,59,60)/t32?,33?,35-/m1/s1. The molecular formula is C47H51F2N9O5. The van der Waals surface area contributed by atoms with E-state index in [-0.39, 0.29) is 42.2 Å². The highest BCUT2D eigenvalue weighted by Crippen LogP contribution is 2.38. The SMILES string of the molecule is CC(C)(O)c1cc2nn(C3CCC(N4CCC(C(=O)N5CCC(c6cc(F)c([C@H]7CCC(=O)NC7=O)c(F)c6)CC5)CC4)CC3)cc2cc1NC(=O)c1ccc2cc(C#N)cnn12. The summed E-state index contributed by atoms with van der Waals surface area (Å²) in [6.07, 6.45) is 10.2. The number of anilines is 1. The molecule has 0 bridgehead atoms. The number of carbonyl (C=O) groups is 4. The lowest BCUT2D eigenvalue weighted by molar-refractivity contribution is -0.138. The van der Waals surface area contributed by atoms with Gasteiger partial charge in [0.25, 0.3) is 5.91 Å². The second-order valence-electron chi connectivity index (χ2n) is 18.3. The molecule has 14 nitrogen and oxygen atoms in total. The number of halogens is 2. The number of hydrogen-bond donors (Lipinski definition) is 3. The number of rotatable bonds is 8. The van der Waals surface area contributed by atoms with Crippen LogP contribution in [0.5, 0.6) is 0 Å². The van der Waals surface area contributed by atoms with Crippen molar-refractivity contribution in [2.24, 2.45) is 5.92 Å². The molecule has 4 aliphatic rings. The quantitative estimate of drug-likeness (QED) is 0.148. The molecule has 0 spiro atoms. The summed E-state index contributed by atoms with van der Waals surface area (Å²) in [5.74, 6) is -4.07. The molecule has 3 N–H and O–H groups in total. The second kappa shape index (κ2) is 16.9. The smallest absolute Gasteiger partial charge is 0.274 e. The van der Waals surface area contributed by atoms with E-state index >= 15 is 8.78 Å². The number of amides is 4. The number of benzene rings is 2. The topological polar surface area (TPSA) is 178 Å². The first-order chi connectivity index (χ1) is 30.2. The largest absolute Gasteiger partial charge is 0.386 e. The first-order valence-electron chi connectivity index (χ1n) is 22.0. The number of nitrogens with one attached hydrogen (secondary N) is 2. The minimum Gasteiger partial charge on any atom is -0.386 e. The van der Waals surface area contributed by atoms with Gasteiger partial charge in [-0.1, -0.05) is 0 Å². The van der Waals surface area contributed by atoms with Crippen molar-refractivity contribution in [3.05, 3.63) is 94.4 Å². The number of carbonyl (C=O) groups excluding carboxylic acids is 4. The van der Waals surface area contributed by atoms with Crippen LogP contribution >= 0.6 is 0 Å². The molecular weight excluding hydrogens is 809 g/mol. The van der Waals surface area contributed by atoms with Gasteiger partial charge in [0.05, 0.1) is 40.4 Å². The van der Waals surface area contributed by atoms with Crippen molar-refractivity contribution in [3.63, 3.8) is 0 Å². The average Bonchev–Trinajstić information content (AvgIpc) is 3.90. The van der Waals surface area contributed by atoms with Crippen LogP contribution in [0.4, 0.5) is 14.5 Å². The lowest BCUT2D eigenvalue weighted by Gasteiger charge is -2.42. The number of likely N-dealkylation sites (tertiary alicyclic amines) is 2. The van der Waals surface area contributed by atoms with Crippen LogP contribution in [0.25, 0.3) is 16.4 Å². The van der Waals surface area contributed by atoms with Crippen molar-refractivity contribution in [1.29, 1.82) is 5.26 Å². The zero-order chi connectivity index (χ0) is 44.2. The Bertz CT molecular complexity index is 2630. The summed E-state index contributed by atoms with van der Waals surface area (Å²) < 4.78 is 34.0. The fourth-order valence-corrected chi connectivity index (χ4v) is 10.3. The van der Waals surface area contributed by atoms with Crippen LogP contribution in [0.2, 0.25) is 0 Å². The van der Waals surface area contributed by atoms with Gasteiger partial charge in [-0.05, 0) is 139 Å². The van der Waals surface area contributed by atoms with Crippen molar-refractivity contribution in [3.8, 4) is 6.07 Å². The van der Waals surface area contributed by atoms with E-state index in [1.165, 1.54) is 22.8 Å². The Morgan fingerprint density at radius 3 is 2.27 bits per heavy atom. The van der Waals surface area contributed by atoms with E-state index in [2.05, 4.69) is 26.7 Å². The van der Waals surface area contributed by atoms with Gasteiger partial charge in [0.1, 0.15) is 23.4 Å². The maximum Gasteiger partial charge on any atom is 0.274 e. The minimum atomic E-state index is -1.27. The van der Waals surface area contributed by atoms with E-state index in [0.29, 0.717) is 65.6 Å². The molecule has 63 heavy (non-hydrogen) atoms. The van der Waals surface area contributed by atoms with E-state index in [1.807, 2.05) is 27.9 Å². The Labute approximate surface area is 363 Å². The summed E-state index contributed by atoms with van der Waals surface area (Å²) in [5, 5.41) is 35.6. The lowest BCUT2D eigenvalue weighted by atomic mass is 9.84. The van der Waals surface area contributed by atoms with Gasteiger partial charge in [0.2, 0.25) is 17.7 Å². The summed E-state index contributed by atoms with van der Waals surface area (Å²) in [7, 11) is 0. The molecule has 4 fully saturated rings. The first-order valence-corrected chi connectivity index (χ1v) is 22.0. The van der Waals surface area contributed by atoms with E-state index in [1.54, 1.807) is 32.0 Å². The summed E-state index contributed by atoms with van der Waals surface area (Å²) in [6, 6.07) is 14.1. The maximum absolute atomic E-state index is 15.2. The van der Waals surface area contributed by atoms with E-state index in [0.717, 1.165) is 62.5 Å². The number of nitrogens with zero attached hydrogens (tertiary/aromatic N) is 7. The predicted octanol–water partition coefficient (Wildman–Crippen LogP) is 6.44. The Kier molecular flexibility index (Phi) is 11.3. The number of hydrogen-bond acceptors (Lipinski definition) is 9. The van der Waals surface area contributed by atoms with Crippen LogP contribution < -0.4 is 10.6 Å². The third kappa shape index (κ3) is 8.43. The van der Waals surface area contributed by atoms with Gasteiger partial charge >= 0.3 is 0 Å². The molecule has 328 valence electrons. The molecule has 9 rings (SSSR count). The highest BCUT2D eigenvalue weighted by atomic mass is 19.1. The molecule has 3 aromatic heterocycles. The highest BCUT2D eigenvalue weighted by molar-refractivity contribution is 6.05. The number of nitriles is 1. The molecule has 4 amide bonds. The lowest BCUT2D eigenvalue weighted by Crippen LogP contribution is -2.48. The minimum absolute atomic E-state index is 0.0391. The normalized spacial score (nSPS) is 22.0. The van der Waals surface area contributed by atoms with Gasteiger partial charge in [-0.15, -0.1) is 0 Å². The van der Waals surface area contributed by atoms with Gasteiger partial charge < -0.3 is 20.2 Å².